The molecule has 0 atom stereocenters. The Kier molecular flexibility index (Phi) is 6.90. The number of ketones is 1. The van der Waals surface area contributed by atoms with Gasteiger partial charge >= 0.3 is 5.97 Å². The zero-order chi connectivity index (χ0) is 20.8. The van der Waals surface area contributed by atoms with Gasteiger partial charge in [-0.2, -0.15) is 0 Å². The zero-order valence-electron chi connectivity index (χ0n) is 15.2. The minimum Gasteiger partial charge on any atom is -0.454 e. The summed E-state index contributed by atoms with van der Waals surface area (Å²) >= 11 is 7.15. The maximum absolute atomic E-state index is 12.8. The molecule has 2 aromatic carbocycles. The number of rotatable bonds is 7. The highest BCUT2D eigenvalue weighted by molar-refractivity contribution is 8.13. The van der Waals surface area contributed by atoms with Gasteiger partial charge in [-0.05, 0) is 18.2 Å². The number of hydrogen-bond donors (Lipinski definition) is 1. The molecule has 29 heavy (non-hydrogen) atoms. The van der Waals surface area contributed by atoms with Gasteiger partial charge in [0.2, 0.25) is 0 Å². The van der Waals surface area contributed by atoms with Gasteiger partial charge in [0.15, 0.2) is 12.4 Å². The molecular formula is C20H17ClN2O5S. The van der Waals surface area contributed by atoms with Crippen molar-refractivity contribution in [3.8, 4) is 0 Å². The molecule has 0 bridgehead atoms. The number of hydrogen-bond acceptors (Lipinski definition) is 6. The molecule has 0 saturated carbocycles. The van der Waals surface area contributed by atoms with E-state index in [0.29, 0.717) is 22.9 Å². The van der Waals surface area contributed by atoms with Crippen LogP contribution in [0, 0.1) is 0 Å². The van der Waals surface area contributed by atoms with E-state index in [-0.39, 0.29) is 28.8 Å². The Balaban J connectivity index is 1.62. The fourth-order valence-corrected chi connectivity index (χ4v) is 3.66. The Morgan fingerprint density at radius 3 is 2.59 bits per heavy atom. The molecule has 2 amide bonds. The van der Waals surface area contributed by atoms with Crippen molar-refractivity contribution in [1.29, 1.82) is 0 Å². The number of halogens is 1. The molecule has 0 aliphatic carbocycles. The lowest BCUT2D eigenvalue weighted by Gasteiger charge is -2.14. The molecule has 150 valence electrons. The lowest BCUT2D eigenvalue weighted by atomic mass is 10.0. The molecule has 0 radical (unpaired) electrons. The van der Waals surface area contributed by atoms with Crippen LogP contribution in [-0.2, 0) is 14.3 Å². The van der Waals surface area contributed by atoms with E-state index >= 15 is 0 Å². The molecule has 3 rings (SSSR count). The minimum atomic E-state index is -0.673. The molecule has 9 heteroatoms. The van der Waals surface area contributed by atoms with E-state index in [9.17, 15) is 19.2 Å². The number of benzene rings is 2. The normalized spacial score (nSPS) is 13.3. The van der Waals surface area contributed by atoms with Gasteiger partial charge in [-0.3, -0.25) is 19.2 Å². The number of carbonyl (C=O) groups excluding carboxylic acids is 4. The van der Waals surface area contributed by atoms with E-state index in [1.165, 1.54) is 17.0 Å². The molecule has 1 aliphatic heterocycles. The smallest absolute Gasteiger partial charge is 0.326 e. The topological polar surface area (TPSA) is 92.8 Å². The first kappa shape index (κ1) is 20.9. The van der Waals surface area contributed by atoms with Crippen LogP contribution >= 0.6 is 23.4 Å². The largest absolute Gasteiger partial charge is 0.454 e. The highest BCUT2D eigenvalue weighted by Gasteiger charge is 2.24. The van der Waals surface area contributed by atoms with Gasteiger partial charge < -0.3 is 15.0 Å². The Bertz CT molecular complexity index is 951. The van der Waals surface area contributed by atoms with E-state index in [1.807, 2.05) is 0 Å². The van der Waals surface area contributed by atoms with Crippen LogP contribution in [0.1, 0.15) is 15.9 Å². The van der Waals surface area contributed by atoms with Crippen LogP contribution in [0.4, 0.5) is 10.5 Å². The molecule has 0 unspecified atom stereocenters. The number of nitrogens with zero attached hydrogens (tertiary/aromatic N) is 1. The van der Waals surface area contributed by atoms with Crippen LogP contribution in [0.25, 0.3) is 0 Å². The van der Waals surface area contributed by atoms with E-state index < -0.39 is 18.5 Å². The van der Waals surface area contributed by atoms with Crippen molar-refractivity contribution in [2.75, 3.05) is 30.8 Å². The van der Waals surface area contributed by atoms with E-state index in [4.69, 9.17) is 16.3 Å². The summed E-state index contributed by atoms with van der Waals surface area (Å²) in [6.45, 7) is -0.256. The van der Waals surface area contributed by atoms with Gasteiger partial charge in [0.1, 0.15) is 6.54 Å². The number of nitrogens with one attached hydrogen (secondary N) is 1. The van der Waals surface area contributed by atoms with Crippen LogP contribution in [0.2, 0.25) is 5.02 Å². The fourth-order valence-electron chi connectivity index (χ4n) is 2.66. The molecule has 0 aromatic heterocycles. The molecule has 2 aromatic rings. The monoisotopic (exact) mass is 432 g/mol. The first-order valence-corrected chi connectivity index (χ1v) is 10.1. The third-order valence-corrected chi connectivity index (χ3v) is 5.19. The lowest BCUT2D eigenvalue weighted by molar-refractivity contribution is -0.147. The molecule has 1 heterocycles. The quantitative estimate of drug-likeness (QED) is 0.533. The van der Waals surface area contributed by atoms with Gasteiger partial charge in [-0.15, -0.1) is 0 Å². The Morgan fingerprint density at radius 1 is 1.14 bits per heavy atom. The maximum atomic E-state index is 12.8. The molecule has 1 aliphatic rings. The summed E-state index contributed by atoms with van der Waals surface area (Å²) in [6, 6.07) is 13.1. The average Bonchev–Trinajstić information content (AvgIpc) is 3.12. The molecular weight excluding hydrogens is 416 g/mol. The number of amides is 2. The number of ether oxygens (including phenoxy) is 1. The van der Waals surface area contributed by atoms with Crippen molar-refractivity contribution >= 4 is 51.9 Å². The molecule has 7 nitrogen and oxygen atoms in total. The Hall–Kier alpha value is -2.84. The third kappa shape index (κ3) is 5.58. The highest BCUT2D eigenvalue weighted by Crippen LogP contribution is 2.24. The van der Waals surface area contributed by atoms with Gasteiger partial charge in [-0.25, -0.2) is 0 Å². The second-order valence-electron chi connectivity index (χ2n) is 6.13. The number of carbonyl (C=O) groups is 4. The summed E-state index contributed by atoms with van der Waals surface area (Å²) in [5.41, 5.74) is 0.934. The summed E-state index contributed by atoms with van der Waals surface area (Å²) in [6.07, 6.45) is 0. The summed E-state index contributed by atoms with van der Waals surface area (Å²) in [4.78, 5) is 49.6. The number of thioether (sulfide) groups is 1. The van der Waals surface area contributed by atoms with Gasteiger partial charge in [0.25, 0.3) is 11.1 Å². The highest BCUT2D eigenvalue weighted by atomic mass is 35.5. The van der Waals surface area contributed by atoms with Crippen LogP contribution < -0.4 is 5.32 Å². The van der Waals surface area contributed by atoms with Crippen LogP contribution in [0.3, 0.4) is 0 Å². The van der Waals surface area contributed by atoms with Crippen LogP contribution in [0.5, 0.6) is 0 Å². The molecule has 1 fully saturated rings. The van der Waals surface area contributed by atoms with Gasteiger partial charge in [0.05, 0.1) is 5.69 Å². The minimum absolute atomic E-state index is 0.184. The van der Waals surface area contributed by atoms with Crippen LogP contribution in [-0.4, -0.2) is 53.2 Å². The van der Waals surface area contributed by atoms with Gasteiger partial charge in [0, 0.05) is 28.4 Å². The first-order chi connectivity index (χ1) is 13.9. The predicted octanol–water partition coefficient (Wildman–Crippen LogP) is 3.22. The van der Waals surface area contributed by atoms with Gasteiger partial charge in [-0.1, -0.05) is 53.7 Å². The number of esters is 1. The van der Waals surface area contributed by atoms with E-state index in [0.717, 1.165) is 11.8 Å². The summed E-state index contributed by atoms with van der Waals surface area (Å²) in [5.74, 6) is -0.954. The average molecular weight is 433 g/mol. The zero-order valence-corrected chi connectivity index (χ0v) is 16.8. The SMILES string of the molecule is O=C(COC(=O)CN1CCSC1=O)Nc1ccc(Cl)cc1C(=O)c1ccccc1. The molecule has 1 saturated heterocycles. The van der Waals surface area contributed by atoms with Crippen molar-refractivity contribution in [2.45, 2.75) is 0 Å². The fraction of sp³-hybridized carbons (Fsp3) is 0.200. The van der Waals surface area contributed by atoms with Crippen molar-refractivity contribution in [1.82, 2.24) is 4.90 Å². The lowest BCUT2D eigenvalue weighted by Crippen LogP contribution is -2.32. The summed E-state index contributed by atoms with van der Waals surface area (Å²) in [5, 5.41) is 2.73. The van der Waals surface area contributed by atoms with Crippen molar-refractivity contribution in [3.63, 3.8) is 0 Å². The Morgan fingerprint density at radius 2 is 1.90 bits per heavy atom. The summed E-state index contributed by atoms with van der Waals surface area (Å²) < 4.78 is 4.93. The molecule has 0 spiro atoms. The second-order valence-corrected chi connectivity index (χ2v) is 7.61. The number of anilines is 1. The van der Waals surface area contributed by atoms with Crippen molar-refractivity contribution < 1.29 is 23.9 Å². The maximum Gasteiger partial charge on any atom is 0.326 e. The van der Waals surface area contributed by atoms with Crippen LogP contribution in [0.15, 0.2) is 48.5 Å². The van der Waals surface area contributed by atoms with Crippen molar-refractivity contribution in [2.24, 2.45) is 0 Å². The van der Waals surface area contributed by atoms with E-state index in [1.54, 1.807) is 36.4 Å². The van der Waals surface area contributed by atoms with Crippen molar-refractivity contribution in [3.05, 3.63) is 64.7 Å². The molecule has 1 N–H and O–H groups in total. The van der Waals surface area contributed by atoms with E-state index in [2.05, 4.69) is 5.32 Å². The third-order valence-electron chi connectivity index (χ3n) is 4.07. The standard InChI is InChI=1S/C20H17ClN2O5S/c21-14-6-7-16(15(10-14)19(26)13-4-2-1-3-5-13)22-17(24)12-28-18(25)11-23-8-9-29-20(23)27/h1-7,10H,8-9,11-12H2,(H,22,24). The second kappa shape index (κ2) is 9.58. The predicted molar refractivity (Wildman–Crippen MR) is 110 cm³/mol. The summed E-state index contributed by atoms with van der Waals surface area (Å²) in [7, 11) is 0. The Labute approximate surface area is 176 Å². The first-order valence-electron chi connectivity index (χ1n) is 8.70.